The van der Waals surface area contributed by atoms with E-state index in [1.165, 1.54) is 36.4 Å². The van der Waals surface area contributed by atoms with Gasteiger partial charge in [-0.15, -0.1) is 0 Å². The van der Waals surface area contributed by atoms with Gasteiger partial charge in [-0.3, -0.25) is 24.7 Å². The number of esters is 1. The number of non-ortho nitro benzene ring substituents is 1. The van der Waals surface area contributed by atoms with Crippen molar-refractivity contribution in [1.82, 2.24) is 10.3 Å². The van der Waals surface area contributed by atoms with Gasteiger partial charge in [-0.05, 0) is 49.4 Å². The van der Waals surface area contributed by atoms with Gasteiger partial charge in [0.15, 0.2) is 0 Å². The molecule has 2 amide bonds. The summed E-state index contributed by atoms with van der Waals surface area (Å²) in [7, 11) is 0. The van der Waals surface area contributed by atoms with Gasteiger partial charge in [0.05, 0.1) is 40.6 Å². The molecule has 0 aliphatic carbocycles. The first-order valence-corrected chi connectivity index (χ1v) is 10.6. The summed E-state index contributed by atoms with van der Waals surface area (Å²) < 4.78 is 4.92. The largest absolute Gasteiger partial charge is 0.462 e. The molecule has 2 aromatic carbocycles. The third-order valence-electron chi connectivity index (χ3n) is 4.70. The third-order valence-corrected chi connectivity index (χ3v) is 4.70. The number of carbonyl (C=O) groups is 3. The number of nitrogens with zero attached hydrogens (tertiary/aromatic N) is 2. The quantitative estimate of drug-likeness (QED) is 0.229. The lowest BCUT2D eigenvalue weighted by atomic mass is 10.1. The van der Waals surface area contributed by atoms with Crippen molar-refractivity contribution in [2.45, 2.75) is 13.5 Å². The van der Waals surface area contributed by atoms with Crippen LogP contribution in [0.3, 0.4) is 0 Å². The van der Waals surface area contributed by atoms with Gasteiger partial charge in [0, 0.05) is 30.6 Å². The lowest BCUT2D eigenvalue weighted by Crippen LogP contribution is -2.29. The van der Waals surface area contributed by atoms with Crippen LogP contribution in [0, 0.1) is 10.1 Å². The number of rotatable bonds is 10. The molecule has 0 radical (unpaired) electrons. The van der Waals surface area contributed by atoms with Gasteiger partial charge in [-0.1, -0.05) is 6.07 Å². The van der Waals surface area contributed by atoms with Crippen molar-refractivity contribution in [2.75, 3.05) is 23.8 Å². The van der Waals surface area contributed by atoms with Crippen molar-refractivity contribution in [3.63, 3.8) is 0 Å². The third kappa shape index (κ3) is 7.17. The molecule has 0 unspecified atom stereocenters. The minimum absolute atomic E-state index is 0.0655. The summed E-state index contributed by atoms with van der Waals surface area (Å²) in [4.78, 5) is 51.8. The van der Waals surface area contributed by atoms with E-state index in [1.807, 2.05) is 12.1 Å². The number of anilines is 2. The van der Waals surface area contributed by atoms with E-state index in [9.17, 15) is 24.5 Å². The number of nitro benzene ring substituents is 1. The second kappa shape index (κ2) is 12.0. The maximum absolute atomic E-state index is 12.9. The van der Waals surface area contributed by atoms with Crippen molar-refractivity contribution in [1.29, 1.82) is 0 Å². The average Bonchev–Trinajstić information content (AvgIpc) is 2.85. The zero-order chi connectivity index (χ0) is 25.2. The number of nitro groups is 1. The number of pyridine rings is 1. The molecule has 3 rings (SSSR count). The lowest BCUT2D eigenvalue weighted by molar-refractivity contribution is -0.384. The fourth-order valence-electron chi connectivity index (χ4n) is 3.05. The van der Waals surface area contributed by atoms with Crippen LogP contribution < -0.4 is 16.0 Å². The highest BCUT2D eigenvalue weighted by Gasteiger charge is 2.19. The molecule has 180 valence electrons. The molecule has 3 aromatic rings. The highest BCUT2D eigenvalue weighted by Crippen LogP contribution is 2.24. The number of hydrogen-bond donors (Lipinski definition) is 3. The predicted molar refractivity (Wildman–Crippen MR) is 128 cm³/mol. The first kappa shape index (κ1) is 25.0. The van der Waals surface area contributed by atoms with Gasteiger partial charge in [0.1, 0.15) is 0 Å². The SMILES string of the molecule is CCOC(=O)c1ccc(NC(=O)c2cc([N+](=O)[O-])ccc2NC(=O)CNCc2ccccn2)cc1. The normalized spacial score (nSPS) is 10.3. The Balaban J connectivity index is 1.70. The van der Waals surface area contributed by atoms with Crippen LogP contribution in [0.1, 0.15) is 33.3 Å². The summed E-state index contributed by atoms with van der Waals surface area (Å²) in [6.07, 6.45) is 1.64. The van der Waals surface area contributed by atoms with Gasteiger partial charge in [0.2, 0.25) is 5.91 Å². The summed E-state index contributed by atoms with van der Waals surface area (Å²) in [6.45, 7) is 2.23. The number of ether oxygens (including phenoxy) is 1. The van der Waals surface area contributed by atoms with Crippen LogP contribution >= 0.6 is 0 Å². The van der Waals surface area contributed by atoms with Gasteiger partial charge < -0.3 is 20.7 Å². The Bertz CT molecular complexity index is 1210. The second-order valence-corrected chi connectivity index (χ2v) is 7.21. The Kier molecular flexibility index (Phi) is 8.57. The van der Waals surface area contributed by atoms with Crippen LogP contribution in [-0.4, -0.2) is 40.8 Å². The number of carbonyl (C=O) groups excluding carboxylic acids is 3. The molecule has 0 spiro atoms. The summed E-state index contributed by atoms with van der Waals surface area (Å²) in [6, 6.07) is 15.0. The number of aromatic nitrogens is 1. The van der Waals surface area contributed by atoms with Crippen LogP contribution in [0.4, 0.5) is 17.1 Å². The molecule has 0 aliphatic rings. The Hall–Kier alpha value is -4.64. The maximum atomic E-state index is 12.9. The van der Waals surface area contributed by atoms with Gasteiger partial charge in [-0.2, -0.15) is 0 Å². The number of benzene rings is 2. The number of nitrogens with one attached hydrogen (secondary N) is 3. The average molecular weight is 477 g/mol. The van der Waals surface area contributed by atoms with Crippen molar-refractivity contribution < 1.29 is 24.0 Å². The van der Waals surface area contributed by atoms with Crippen LogP contribution in [0.2, 0.25) is 0 Å². The first-order chi connectivity index (χ1) is 16.9. The molecule has 11 heteroatoms. The molecule has 0 saturated heterocycles. The van der Waals surface area contributed by atoms with Crippen molar-refractivity contribution in [3.05, 3.63) is 93.8 Å². The highest BCUT2D eigenvalue weighted by atomic mass is 16.6. The fourth-order valence-corrected chi connectivity index (χ4v) is 3.05. The van der Waals surface area contributed by atoms with Crippen LogP contribution in [0.15, 0.2) is 66.9 Å². The van der Waals surface area contributed by atoms with E-state index in [-0.39, 0.29) is 30.1 Å². The standard InChI is InChI=1S/C24H23N5O6/c1-2-35-24(32)16-6-8-17(9-7-16)27-23(31)20-13-19(29(33)34)10-11-21(20)28-22(30)15-25-14-18-5-3-4-12-26-18/h3-13,25H,2,14-15H2,1H3,(H,27,31)(H,28,30). The molecule has 0 fully saturated rings. The molecule has 0 saturated carbocycles. The molecule has 1 aromatic heterocycles. The Labute approximate surface area is 200 Å². The lowest BCUT2D eigenvalue weighted by Gasteiger charge is -2.12. The van der Waals surface area contributed by atoms with Crippen LogP contribution in [0.5, 0.6) is 0 Å². The zero-order valence-electron chi connectivity index (χ0n) is 18.8. The second-order valence-electron chi connectivity index (χ2n) is 7.21. The van der Waals surface area contributed by atoms with E-state index >= 15 is 0 Å². The molecular formula is C24H23N5O6. The Morgan fingerprint density at radius 1 is 1.03 bits per heavy atom. The van der Waals surface area contributed by atoms with Crippen molar-refractivity contribution >= 4 is 34.8 Å². The van der Waals surface area contributed by atoms with E-state index in [4.69, 9.17) is 4.74 Å². The van der Waals surface area contributed by atoms with Crippen molar-refractivity contribution in [2.24, 2.45) is 0 Å². The highest BCUT2D eigenvalue weighted by molar-refractivity contribution is 6.10. The first-order valence-electron chi connectivity index (χ1n) is 10.6. The van der Waals surface area contributed by atoms with E-state index in [1.54, 1.807) is 19.2 Å². The van der Waals surface area contributed by atoms with E-state index < -0.39 is 22.7 Å². The van der Waals surface area contributed by atoms with Crippen molar-refractivity contribution in [3.8, 4) is 0 Å². The smallest absolute Gasteiger partial charge is 0.338 e. The molecular weight excluding hydrogens is 454 g/mol. The molecule has 0 atom stereocenters. The van der Waals surface area contributed by atoms with Crippen LogP contribution in [0.25, 0.3) is 0 Å². The van der Waals surface area contributed by atoms with Gasteiger partial charge in [-0.25, -0.2) is 4.79 Å². The van der Waals surface area contributed by atoms with E-state index in [2.05, 4.69) is 20.9 Å². The summed E-state index contributed by atoms with van der Waals surface area (Å²) in [5.74, 6) is -1.61. The number of hydrogen-bond acceptors (Lipinski definition) is 8. The molecule has 1 heterocycles. The van der Waals surface area contributed by atoms with E-state index in [0.29, 0.717) is 17.8 Å². The van der Waals surface area contributed by atoms with Crippen LogP contribution in [-0.2, 0) is 16.1 Å². The fraction of sp³-hybridized carbons (Fsp3) is 0.167. The molecule has 35 heavy (non-hydrogen) atoms. The Morgan fingerprint density at radius 2 is 1.80 bits per heavy atom. The number of amides is 2. The van der Waals surface area contributed by atoms with E-state index in [0.717, 1.165) is 11.8 Å². The van der Waals surface area contributed by atoms with Gasteiger partial charge >= 0.3 is 5.97 Å². The minimum atomic E-state index is -0.672. The predicted octanol–water partition coefficient (Wildman–Crippen LogP) is 3.15. The molecule has 0 bridgehead atoms. The maximum Gasteiger partial charge on any atom is 0.338 e. The molecule has 3 N–H and O–H groups in total. The topological polar surface area (TPSA) is 153 Å². The molecule has 11 nitrogen and oxygen atoms in total. The minimum Gasteiger partial charge on any atom is -0.462 e. The molecule has 0 aliphatic heterocycles. The monoisotopic (exact) mass is 477 g/mol. The summed E-state index contributed by atoms with van der Waals surface area (Å²) in [5.41, 5.74) is 1.13. The Morgan fingerprint density at radius 3 is 2.46 bits per heavy atom. The summed E-state index contributed by atoms with van der Waals surface area (Å²) >= 11 is 0. The summed E-state index contributed by atoms with van der Waals surface area (Å²) in [5, 5.41) is 19.4. The zero-order valence-corrected chi connectivity index (χ0v) is 18.8. The van der Waals surface area contributed by atoms with Gasteiger partial charge in [0.25, 0.3) is 11.6 Å².